The van der Waals surface area contributed by atoms with Crippen LogP contribution in [0.3, 0.4) is 0 Å². The van der Waals surface area contributed by atoms with Crippen LogP contribution in [0.1, 0.15) is 18.1 Å². The lowest BCUT2D eigenvalue weighted by molar-refractivity contribution is -0.461. The fourth-order valence-corrected chi connectivity index (χ4v) is 2.31. The summed E-state index contributed by atoms with van der Waals surface area (Å²) in [6.45, 7) is 1.80. The topological polar surface area (TPSA) is 54.3 Å². The van der Waals surface area contributed by atoms with E-state index in [1.807, 2.05) is 6.07 Å². The van der Waals surface area contributed by atoms with Gasteiger partial charge >= 0.3 is 0 Å². The summed E-state index contributed by atoms with van der Waals surface area (Å²) in [6.07, 6.45) is -0.271. The Labute approximate surface area is 91.6 Å². The van der Waals surface area contributed by atoms with Crippen molar-refractivity contribution >= 4 is 17.4 Å². The van der Waals surface area contributed by atoms with E-state index in [-0.39, 0.29) is 12.1 Å². The van der Waals surface area contributed by atoms with Crippen molar-refractivity contribution in [1.82, 2.24) is 5.32 Å². The van der Waals surface area contributed by atoms with Gasteiger partial charge in [0.1, 0.15) is 5.84 Å². The summed E-state index contributed by atoms with van der Waals surface area (Å²) in [7, 11) is 0. The summed E-state index contributed by atoms with van der Waals surface area (Å²) >= 11 is 6.08. The second-order valence-corrected chi connectivity index (χ2v) is 3.99. The van der Waals surface area contributed by atoms with Gasteiger partial charge in [-0.05, 0) is 13.0 Å². The molecule has 0 radical (unpaired) electrons. The number of hydrogen-bond acceptors (Lipinski definition) is 3. The molecule has 2 aliphatic heterocycles. The van der Waals surface area contributed by atoms with Crippen molar-refractivity contribution < 1.29 is 9.47 Å². The second-order valence-electron chi connectivity index (χ2n) is 3.58. The highest BCUT2D eigenvalue weighted by Crippen LogP contribution is 2.44. The molecule has 0 amide bonds. The third-order valence-electron chi connectivity index (χ3n) is 2.57. The molecule has 2 N–H and O–H groups in total. The Morgan fingerprint density at radius 1 is 1.47 bits per heavy atom. The van der Waals surface area contributed by atoms with Crippen molar-refractivity contribution in [2.75, 3.05) is 0 Å². The molecule has 4 nitrogen and oxygen atoms in total. The maximum absolute atomic E-state index is 7.76. The lowest BCUT2D eigenvalue weighted by Crippen LogP contribution is -2.57. The van der Waals surface area contributed by atoms with Crippen LogP contribution in [-0.4, -0.2) is 12.1 Å². The maximum Gasteiger partial charge on any atom is 0.285 e. The molecule has 0 aromatic heterocycles. The van der Waals surface area contributed by atoms with Gasteiger partial charge in [-0.1, -0.05) is 23.7 Å². The van der Waals surface area contributed by atoms with Crippen molar-refractivity contribution in [2.45, 2.75) is 19.1 Å². The Balaban J connectivity index is 2.17. The van der Waals surface area contributed by atoms with Gasteiger partial charge in [0.25, 0.3) is 5.91 Å². The number of ether oxygens (including phenoxy) is 2. The van der Waals surface area contributed by atoms with Crippen LogP contribution in [0.2, 0.25) is 5.02 Å². The summed E-state index contributed by atoms with van der Waals surface area (Å²) in [5.41, 5.74) is 1.43. The van der Waals surface area contributed by atoms with Gasteiger partial charge < -0.3 is 5.32 Å². The first-order chi connectivity index (χ1) is 7.12. The van der Waals surface area contributed by atoms with E-state index in [0.717, 1.165) is 5.56 Å². The van der Waals surface area contributed by atoms with Crippen LogP contribution in [0.4, 0.5) is 0 Å². The van der Waals surface area contributed by atoms with Crippen LogP contribution in [-0.2, 0) is 15.4 Å². The molecule has 1 spiro atoms. The molecular weight excluding hydrogens is 216 g/mol. The maximum atomic E-state index is 7.76. The number of benzene rings is 1. The molecule has 0 bridgehead atoms. The van der Waals surface area contributed by atoms with Gasteiger partial charge in [0, 0.05) is 5.56 Å². The van der Waals surface area contributed by atoms with Gasteiger partial charge in [0.2, 0.25) is 0 Å². The Morgan fingerprint density at radius 3 is 2.87 bits per heavy atom. The van der Waals surface area contributed by atoms with E-state index in [9.17, 15) is 0 Å². The fourth-order valence-electron chi connectivity index (χ4n) is 2.01. The minimum Gasteiger partial charge on any atom is -0.315 e. The van der Waals surface area contributed by atoms with E-state index in [1.54, 1.807) is 19.1 Å². The molecule has 15 heavy (non-hydrogen) atoms. The highest BCUT2D eigenvalue weighted by atomic mass is 35.5. The highest BCUT2D eigenvalue weighted by molar-refractivity contribution is 6.32. The van der Waals surface area contributed by atoms with E-state index in [0.29, 0.717) is 10.6 Å². The molecule has 0 saturated carbocycles. The van der Waals surface area contributed by atoms with Gasteiger partial charge in [-0.2, -0.15) is 0 Å². The van der Waals surface area contributed by atoms with Crippen molar-refractivity contribution in [3.05, 3.63) is 34.3 Å². The van der Waals surface area contributed by atoms with Crippen LogP contribution in [0.5, 0.6) is 0 Å². The van der Waals surface area contributed by atoms with Gasteiger partial charge in [-0.25, -0.2) is 0 Å². The third-order valence-corrected chi connectivity index (χ3v) is 2.88. The zero-order valence-corrected chi connectivity index (χ0v) is 8.76. The standard InChI is InChI=1S/C10H9ClN2O2/c1-5-14-10(15-5)8-6(9(12)13-10)3-2-4-7(8)11/h2-5H,1H3,(H2,12,13). The highest BCUT2D eigenvalue weighted by Gasteiger charge is 2.54. The average molecular weight is 225 g/mol. The molecule has 1 saturated heterocycles. The smallest absolute Gasteiger partial charge is 0.285 e. The van der Waals surface area contributed by atoms with Crippen LogP contribution < -0.4 is 5.32 Å². The predicted octanol–water partition coefficient (Wildman–Crippen LogP) is 1.77. The minimum atomic E-state index is -1.02. The number of fused-ring (bicyclic) bond motifs is 2. The Kier molecular flexibility index (Phi) is 1.66. The van der Waals surface area contributed by atoms with Gasteiger partial charge in [0.05, 0.1) is 10.6 Å². The number of nitrogens with one attached hydrogen (secondary N) is 2. The molecule has 2 heterocycles. The molecular formula is C10H9ClN2O2. The van der Waals surface area contributed by atoms with Gasteiger partial charge in [0.15, 0.2) is 6.29 Å². The van der Waals surface area contributed by atoms with Crippen LogP contribution in [0.15, 0.2) is 18.2 Å². The molecule has 0 atom stereocenters. The minimum absolute atomic E-state index is 0.271. The van der Waals surface area contributed by atoms with Crippen molar-refractivity contribution in [1.29, 1.82) is 5.41 Å². The first-order valence-electron chi connectivity index (χ1n) is 4.64. The Bertz CT molecular complexity index is 455. The lowest BCUT2D eigenvalue weighted by atomic mass is 10.1. The Hall–Kier alpha value is -1.10. The van der Waals surface area contributed by atoms with E-state index in [1.165, 1.54) is 0 Å². The monoisotopic (exact) mass is 224 g/mol. The Morgan fingerprint density at radius 2 is 2.20 bits per heavy atom. The predicted molar refractivity (Wildman–Crippen MR) is 54.7 cm³/mol. The van der Waals surface area contributed by atoms with Gasteiger partial charge in [-0.3, -0.25) is 14.9 Å². The summed E-state index contributed by atoms with van der Waals surface area (Å²) in [6, 6.07) is 5.39. The number of halogens is 1. The zero-order valence-electron chi connectivity index (χ0n) is 8.00. The normalized spacial score (nSPS) is 32.4. The summed E-state index contributed by atoms with van der Waals surface area (Å²) in [5.74, 6) is -0.746. The van der Waals surface area contributed by atoms with E-state index >= 15 is 0 Å². The second kappa shape index (κ2) is 2.72. The first-order valence-corrected chi connectivity index (χ1v) is 5.02. The van der Waals surface area contributed by atoms with Crippen LogP contribution in [0, 0.1) is 5.41 Å². The molecule has 78 valence electrons. The molecule has 1 aromatic carbocycles. The van der Waals surface area contributed by atoms with Crippen molar-refractivity contribution in [2.24, 2.45) is 0 Å². The van der Waals surface area contributed by atoms with Crippen molar-refractivity contribution in [3.8, 4) is 0 Å². The SMILES string of the molecule is CC1OC2(NC(=N)c3cccc(Cl)c32)O1. The summed E-state index contributed by atoms with van der Waals surface area (Å²) in [4.78, 5) is 0. The largest absolute Gasteiger partial charge is 0.315 e. The molecule has 1 fully saturated rings. The van der Waals surface area contributed by atoms with E-state index in [2.05, 4.69) is 5.32 Å². The molecule has 3 rings (SSSR count). The molecule has 1 aromatic rings. The zero-order chi connectivity index (χ0) is 10.6. The fraction of sp³-hybridized carbons (Fsp3) is 0.300. The number of hydrogen-bond donors (Lipinski definition) is 2. The molecule has 0 aliphatic carbocycles. The summed E-state index contributed by atoms with van der Waals surface area (Å²) < 4.78 is 11.0. The van der Waals surface area contributed by atoms with Crippen LogP contribution >= 0.6 is 11.6 Å². The van der Waals surface area contributed by atoms with Gasteiger partial charge in [-0.15, -0.1) is 0 Å². The molecule has 0 unspecified atom stereocenters. The lowest BCUT2D eigenvalue weighted by Gasteiger charge is -2.43. The van der Waals surface area contributed by atoms with Crippen molar-refractivity contribution in [3.63, 3.8) is 0 Å². The van der Waals surface area contributed by atoms with E-state index < -0.39 is 5.91 Å². The number of rotatable bonds is 0. The quantitative estimate of drug-likeness (QED) is 0.706. The average Bonchev–Trinajstić information content (AvgIpc) is 2.41. The number of amidine groups is 1. The molecule has 2 aliphatic rings. The third kappa shape index (κ3) is 1.07. The van der Waals surface area contributed by atoms with Crippen LogP contribution in [0.25, 0.3) is 0 Å². The van der Waals surface area contributed by atoms with E-state index in [4.69, 9.17) is 26.5 Å². The summed E-state index contributed by atoms with van der Waals surface area (Å²) in [5, 5.41) is 11.2. The molecule has 5 heteroatoms. The first kappa shape index (κ1) is 9.15.